The predicted octanol–water partition coefficient (Wildman–Crippen LogP) is 2.00. The second kappa shape index (κ2) is 5.14. The van der Waals surface area contributed by atoms with Crippen molar-refractivity contribution in [3.05, 3.63) is 42.9 Å². The Morgan fingerprint density at radius 3 is 2.67 bits per heavy atom. The molecule has 0 atom stereocenters. The van der Waals surface area contributed by atoms with E-state index in [1.54, 1.807) is 10.9 Å². The highest BCUT2D eigenvalue weighted by Gasteiger charge is 2.19. The van der Waals surface area contributed by atoms with Crippen LogP contribution < -0.4 is 5.32 Å². The predicted molar refractivity (Wildman–Crippen MR) is 81.4 cm³/mol. The summed E-state index contributed by atoms with van der Waals surface area (Å²) >= 11 is 0. The van der Waals surface area contributed by atoms with Crippen molar-refractivity contribution in [3.8, 4) is 5.69 Å². The fourth-order valence-electron chi connectivity index (χ4n) is 2.06. The van der Waals surface area contributed by atoms with Gasteiger partial charge in [-0.1, -0.05) is 18.2 Å². The van der Waals surface area contributed by atoms with Crippen molar-refractivity contribution in [3.63, 3.8) is 0 Å². The Hall–Kier alpha value is -2.47. The molecule has 0 aliphatic carbocycles. The molecule has 2 aromatic heterocycles. The normalized spacial score (nSPS) is 11.8. The molecule has 2 heterocycles. The van der Waals surface area contributed by atoms with Crippen LogP contribution in [0.15, 0.2) is 42.9 Å². The van der Waals surface area contributed by atoms with Crippen LogP contribution in [0.4, 0.5) is 5.82 Å². The van der Waals surface area contributed by atoms with Crippen molar-refractivity contribution in [2.24, 2.45) is 0 Å². The zero-order valence-corrected chi connectivity index (χ0v) is 12.0. The molecular formula is C15H17N5O. The number of hydrogen-bond acceptors (Lipinski definition) is 5. The van der Waals surface area contributed by atoms with Gasteiger partial charge in [0.05, 0.1) is 29.4 Å². The average Bonchev–Trinajstić information content (AvgIpc) is 2.93. The summed E-state index contributed by atoms with van der Waals surface area (Å²) in [6.45, 7) is 3.82. The van der Waals surface area contributed by atoms with Gasteiger partial charge in [0, 0.05) is 0 Å². The minimum Gasteiger partial charge on any atom is -0.394 e. The van der Waals surface area contributed by atoms with E-state index in [1.807, 2.05) is 44.2 Å². The summed E-state index contributed by atoms with van der Waals surface area (Å²) in [4.78, 5) is 8.58. The lowest BCUT2D eigenvalue weighted by Crippen LogP contribution is -2.35. The molecule has 0 radical (unpaired) electrons. The van der Waals surface area contributed by atoms with Crippen LogP contribution in [0.25, 0.3) is 16.7 Å². The van der Waals surface area contributed by atoms with E-state index in [0.717, 1.165) is 16.7 Å². The number of rotatable bonds is 4. The van der Waals surface area contributed by atoms with Gasteiger partial charge in [-0.25, -0.2) is 14.6 Å². The molecule has 0 bridgehead atoms. The number of benzene rings is 1. The molecule has 108 valence electrons. The van der Waals surface area contributed by atoms with Gasteiger partial charge in [0.15, 0.2) is 5.65 Å². The van der Waals surface area contributed by atoms with E-state index in [2.05, 4.69) is 20.4 Å². The molecule has 0 aliphatic rings. The first-order valence-corrected chi connectivity index (χ1v) is 6.74. The summed E-state index contributed by atoms with van der Waals surface area (Å²) in [5, 5.41) is 17.8. The fourth-order valence-corrected chi connectivity index (χ4v) is 2.06. The Balaban J connectivity index is 2.09. The van der Waals surface area contributed by atoms with Crippen molar-refractivity contribution in [2.45, 2.75) is 19.4 Å². The highest BCUT2D eigenvalue weighted by molar-refractivity contribution is 5.87. The standard InChI is InChI=1S/C15H17N5O/c1-15(2,9-21)19-13-12-8-18-20(14(12)17-10-16-13)11-6-4-3-5-7-11/h3-8,10,21H,9H2,1-2H3,(H,16,17,19). The Bertz CT molecular complexity index is 751. The first kappa shape index (κ1) is 13.5. The number of fused-ring (bicyclic) bond motifs is 1. The molecule has 0 amide bonds. The zero-order valence-electron chi connectivity index (χ0n) is 12.0. The molecule has 21 heavy (non-hydrogen) atoms. The lowest BCUT2D eigenvalue weighted by atomic mass is 10.1. The molecule has 0 fully saturated rings. The highest BCUT2D eigenvalue weighted by Crippen LogP contribution is 2.23. The molecule has 6 nitrogen and oxygen atoms in total. The summed E-state index contributed by atoms with van der Waals surface area (Å²) in [7, 11) is 0. The van der Waals surface area contributed by atoms with Crippen molar-refractivity contribution in [1.29, 1.82) is 0 Å². The molecule has 0 saturated heterocycles. The van der Waals surface area contributed by atoms with Gasteiger partial charge in [-0.3, -0.25) is 0 Å². The van der Waals surface area contributed by atoms with Crippen LogP contribution in [0.5, 0.6) is 0 Å². The summed E-state index contributed by atoms with van der Waals surface area (Å²) in [6, 6.07) is 9.82. The molecular weight excluding hydrogens is 266 g/mol. The maximum Gasteiger partial charge on any atom is 0.168 e. The Morgan fingerprint density at radius 2 is 1.95 bits per heavy atom. The molecule has 0 saturated carbocycles. The summed E-state index contributed by atoms with van der Waals surface area (Å²) < 4.78 is 1.77. The van der Waals surface area contributed by atoms with Crippen molar-refractivity contribution < 1.29 is 5.11 Å². The van der Waals surface area contributed by atoms with E-state index < -0.39 is 5.54 Å². The molecule has 6 heteroatoms. The fraction of sp³-hybridized carbons (Fsp3) is 0.267. The van der Waals surface area contributed by atoms with Gasteiger partial charge in [-0.2, -0.15) is 5.10 Å². The van der Waals surface area contributed by atoms with Crippen LogP contribution in [-0.4, -0.2) is 37.0 Å². The van der Waals surface area contributed by atoms with Crippen LogP contribution in [-0.2, 0) is 0 Å². The van der Waals surface area contributed by atoms with Crippen LogP contribution in [0.1, 0.15) is 13.8 Å². The SMILES string of the molecule is CC(C)(CO)Nc1ncnc2c1cnn2-c1ccccc1. The number of aliphatic hydroxyl groups excluding tert-OH is 1. The number of aromatic nitrogens is 4. The van der Waals surface area contributed by atoms with E-state index in [-0.39, 0.29) is 6.61 Å². The number of hydrogen-bond donors (Lipinski definition) is 2. The Kier molecular flexibility index (Phi) is 3.31. The minimum absolute atomic E-state index is 0.00528. The second-order valence-electron chi connectivity index (χ2n) is 5.52. The quantitative estimate of drug-likeness (QED) is 0.766. The molecule has 0 aliphatic heterocycles. The lowest BCUT2D eigenvalue weighted by Gasteiger charge is -2.24. The van der Waals surface area contributed by atoms with E-state index in [9.17, 15) is 5.11 Å². The number of nitrogens with one attached hydrogen (secondary N) is 1. The second-order valence-corrected chi connectivity index (χ2v) is 5.52. The van der Waals surface area contributed by atoms with E-state index in [0.29, 0.717) is 5.82 Å². The molecule has 2 N–H and O–H groups in total. The lowest BCUT2D eigenvalue weighted by molar-refractivity contribution is 0.234. The molecule has 3 aromatic rings. The monoisotopic (exact) mass is 283 g/mol. The molecule has 0 spiro atoms. The molecule has 3 rings (SSSR count). The van der Waals surface area contributed by atoms with E-state index in [4.69, 9.17) is 0 Å². The maximum atomic E-state index is 9.38. The first-order valence-electron chi connectivity index (χ1n) is 6.74. The van der Waals surface area contributed by atoms with Crippen molar-refractivity contribution in [1.82, 2.24) is 19.7 Å². The summed E-state index contributed by atoms with van der Waals surface area (Å²) in [5.41, 5.74) is 1.21. The molecule has 0 unspecified atom stereocenters. The van der Waals surface area contributed by atoms with Gasteiger partial charge in [-0.15, -0.1) is 0 Å². The maximum absolute atomic E-state index is 9.38. The largest absolute Gasteiger partial charge is 0.394 e. The third-order valence-electron chi connectivity index (χ3n) is 3.22. The third-order valence-corrected chi connectivity index (χ3v) is 3.22. The van der Waals surface area contributed by atoms with Crippen molar-refractivity contribution in [2.75, 3.05) is 11.9 Å². The minimum atomic E-state index is -0.462. The number of anilines is 1. The topological polar surface area (TPSA) is 75.9 Å². The summed E-state index contributed by atoms with van der Waals surface area (Å²) in [6.07, 6.45) is 3.23. The van der Waals surface area contributed by atoms with Crippen LogP contribution in [0.3, 0.4) is 0 Å². The van der Waals surface area contributed by atoms with Crippen molar-refractivity contribution >= 4 is 16.9 Å². The Labute approximate surface area is 122 Å². The van der Waals surface area contributed by atoms with Gasteiger partial charge in [0.25, 0.3) is 0 Å². The molecule has 1 aromatic carbocycles. The van der Waals surface area contributed by atoms with Gasteiger partial charge in [0.2, 0.25) is 0 Å². The van der Waals surface area contributed by atoms with Crippen LogP contribution >= 0.6 is 0 Å². The van der Waals surface area contributed by atoms with Gasteiger partial charge in [-0.05, 0) is 26.0 Å². The van der Waals surface area contributed by atoms with Gasteiger partial charge >= 0.3 is 0 Å². The Morgan fingerprint density at radius 1 is 1.19 bits per heavy atom. The number of aliphatic hydroxyl groups is 1. The van der Waals surface area contributed by atoms with Gasteiger partial charge in [0.1, 0.15) is 12.1 Å². The smallest absolute Gasteiger partial charge is 0.168 e. The van der Waals surface area contributed by atoms with Crippen LogP contribution in [0, 0.1) is 0 Å². The first-order chi connectivity index (χ1) is 10.1. The summed E-state index contributed by atoms with van der Waals surface area (Å²) in [5.74, 6) is 0.668. The van der Waals surface area contributed by atoms with Gasteiger partial charge < -0.3 is 10.4 Å². The average molecular weight is 283 g/mol. The van der Waals surface area contributed by atoms with Crippen LogP contribution in [0.2, 0.25) is 0 Å². The third kappa shape index (κ3) is 2.57. The highest BCUT2D eigenvalue weighted by atomic mass is 16.3. The van der Waals surface area contributed by atoms with E-state index in [1.165, 1.54) is 6.33 Å². The number of nitrogens with zero attached hydrogens (tertiary/aromatic N) is 4. The van der Waals surface area contributed by atoms with E-state index >= 15 is 0 Å². The number of para-hydroxylation sites is 1. The zero-order chi connectivity index (χ0) is 14.9.